The highest BCUT2D eigenvalue weighted by molar-refractivity contribution is 5.81. The maximum atomic E-state index is 13.2. The number of hydrogen-bond acceptors (Lipinski definition) is 4. The maximum Gasteiger partial charge on any atom is 0.416 e. The summed E-state index contributed by atoms with van der Waals surface area (Å²) in [7, 11) is 0. The van der Waals surface area contributed by atoms with Crippen LogP contribution in [-0.4, -0.2) is 42.0 Å². The molecule has 1 aliphatic rings. The summed E-state index contributed by atoms with van der Waals surface area (Å²) in [4.78, 5) is 16.8. The Kier molecular flexibility index (Phi) is 6.79. The highest BCUT2D eigenvalue weighted by atomic mass is 19.4. The van der Waals surface area contributed by atoms with Gasteiger partial charge in [-0.1, -0.05) is 44.2 Å². The number of nitriles is 1. The molecule has 1 heterocycles. The molecule has 1 fully saturated rings. The SMILES string of the molecule is CC(C)NCC(=O)N(C(C)c1ccc(C(F)(F)F)cc1)C1(C#N)CN(c2ccccc2)C1. The van der Waals surface area contributed by atoms with E-state index in [1.54, 1.807) is 6.92 Å². The van der Waals surface area contributed by atoms with Crippen LogP contribution in [0.2, 0.25) is 0 Å². The van der Waals surface area contributed by atoms with E-state index in [2.05, 4.69) is 11.4 Å². The second kappa shape index (κ2) is 9.21. The monoisotopic (exact) mass is 444 g/mol. The third-order valence-corrected chi connectivity index (χ3v) is 5.73. The minimum Gasteiger partial charge on any atom is -0.364 e. The molecule has 1 saturated heterocycles. The lowest BCUT2D eigenvalue weighted by atomic mass is 9.85. The van der Waals surface area contributed by atoms with Crippen molar-refractivity contribution in [1.29, 1.82) is 5.26 Å². The van der Waals surface area contributed by atoms with Gasteiger partial charge in [0.1, 0.15) is 0 Å². The Hall–Kier alpha value is -3.05. The van der Waals surface area contributed by atoms with Crippen LogP contribution >= 0.6 is 0 Å². The third-order valence-electron chi connectivity index (χ3n) is 5.73. The quantitative estimate of drug-likeness (QED) is 0.689. The molecule has 0 saturated carbocycles. The molecule has 1 amide bonds. The molecule has 5 nitrogen and oxygen atoms in total. The van der Waals surface area contributed by atoms with E-state index in [0.29, 0.717) is 18.7 Å². The van der Waals surface area contributed by atoms with Gasteiger partial charge in [-0.3, -0.25) is 4.79 Å². The van der Waals surface area contributed by atoms with Crippen LogP contribution in [0.15, 0.2) is 54.6 Å². The van der Waals surface area contributed by atoms with Crippen molar-refractivity contribution >= 4 is 11.6 Å². The number of alkyl halides is 3. The molecule has 2 aromatic rings. The topological polar surface area (TPSA) is 59.4 Å². The second-order valence-electron chi connectivity index (χ2n) is 8.43. The van der Waals surface area contributed by atoms with E-state index in [9.17, 15) is 23.2 Å². The predicted molar refractivity (Wildman–Crippen MR) is 117 cm³/mol. The lowest BCUT2D eigenvalue weighted by Gasteiger charge is -2.54. The number of amides is 1. The first-order valence-electron chi connectivity index (χ1n) is 10.5. The van der Waals surface area contributed by atoms with Gasteiger partial charge in [0.15, 0.2) is 5.54 Å². The van der Waals surface area contributed by atoms with Crippen molar-refractivity contribution in [2.45, 2.75) is 44.6 Å². The zero-order valence-electron chi connectivity index (χ0n) is 18.4. The Morgan fingerprint density at radius 2 is 1.72 bits per heavy atom. The minimum absolute atomic E-state index is 0.0391. The Morgan fingerprint density at radius 3 is 2.22 bits per heavy atom. The Labute approximate surface area is 186 Å². The van der Waals surface area contributed by atoms with E-state index in [1.165, 1.54) is 17.0 Å². The van der Waals surface area contributed by atoms with Crippen molar-refractivity contribution in [3.63, 3.8) is 0 Å². The van der Waals surface area contributed by atoms with Gasteiger partial charge in [-0.15, -0.1) is 0 Å². The van der Waals surface area contributed by atoms with Gasteiger partial charge >= 0.3 is 6.18 Å². The van der Waals surface area contributed by atoms with Crippen LogP contribution in [0.1, 0.15) is 37.9 Å². The number of para-hydroxylation sites is 1. The first kappa shape index (κ1) is 23.6. The van der Waals surface area contributed by atoms with E-state index in [4.69, 9.17) is 0 Å². The predicted octanol–water partition coefficient (Wildman–Crippen LogP) is 4.38. The van der Waals surface area contributed by atoms with E-state index in [0.717, 1.165) is 17.8 Å². The highest BCUT2D eigenvalue weighted by Gasteiger charge is 2.52. The van der Waals surface area contributed by atoms with E-state index < -0.39 is 23.3 Å². The normalized spacial score (nSPS) is 16.2. The largest absolute Gasteiger partial charge is 0.416 e. The Morgan fingerprint density at radius 1 is 1.12 bits per heavy atom. The van der Waals surface area contributed by atoms with Crippen molar-refractivity contribution in [3.05, 3.63) is 65.7 Å². The number of carbonyl (C=O) groups excluding carboxylic acids is 1. The van der Waals surface area contributed by atoms with Crippen molar-refractivity contribution < 1.29 is 18.0 Å². The van der Waals surface area contributed by atoms with Crippen molar-refractivity contribution in [1.82, 2.24) is 10.2 Å². The number of nitrogens with one attached hydrogen (secondary N) is 1. The number of carbonyl (C=O) groups is 1. The average molecular weight is 445 g/mol. The van der Waals surface area contributed by atoms with Gasteiger partial charge in [-0.05, 0) is 36.8 Å². The summed E-state index contributed by atoms with van der Waals surface area (Å²) in [5, 5.41) is 13.2. The van der Waals surface area contributed by atoms with Gasteiger partial charge in [0.25, 0.3) is 0 Å². The molecule has 2 aromatic carbocycles. The summed E-state index contributed by atoms with van der Waals surface area (Å²) in [6, 6.07) is 16.2. The van der Waals surface area contributed by atoms with Crippen LogP contribution in [0.3, 0.4) is 0 Å². The first-order valence-corrected chi connectivity index (χ1v) is 10.5. The Balaban J connectivity index is 1.89. The summed E-state index contributed by atoms with van der Waals surface area (Å²) in [5.74, 6) is -0.264. The smallest absolute Gasteiger partial charge is 0.364 e. The number of anilines is 1. The summed E-state index contributed by atoms with van der Waals surface area (Å²) in [6.45, 7) is 6.27. The molecule has 1 N–H and O–H groups in total. The number of benzene rings is 2. The fourth-order valence-electron chi connectivity index (χ4n) is 3.99. The van der Waals surface area contributed by atoms with Crippen LogP contribution in [0.4, 0.5) is 18.9 Å². The zero-order chi connectivity index (χ0) is 23.5. The number of nitrogens with zero attached hydrogens (tertiary/aromatic N) is 3. The lowest BCUT2D eigenvalue weighted by Crippen LogP contribution is -2.72. The molecule has 0 aromatic heterocycles. The molecule has 0 spiro atoms. The van der Waals surface area contributed by atoms with Gasteiger partial charge < -0.3 is 15.1 Å². The summed E-state index contributed by atoms with van der Waals surface area (Å²) in [5.41, 5.74) is -0.327. The van der Waals surface area contributed by atoms with E-state index in [-0.39, 0.29) is 18.5 Å². The van der Waals surface area contributed by atoms with Gasteiger partial charge in [0.2, 0.25) is 5.91 Å². The summed E-state index contributed by atoms with van der Waals surface area (Å²) < 4.78 is 38.9. The third kappa shape index (κ3) is 4.89. The number of hydrogen-bond donors (Lipinski definition) is 1. The highest BCUT2D eigenvalue weighted by Crippen LogP contribution is 2.38. The number of rotatable bonds is 7. The van der Waals surface area contributed by atoms with Gasteiger partial charge in [-0.2, -0.15) is 18.4 Å². The molecule has 1 atom stereocenters. The molecule has 1 aliphatic heterocycles. The molecule has 170 valence electrons. The van der Waals surface area contributed by atoms with Crippen LogP contribution in [0, 0.1) is 11.3 Å². The van der Waals surface area contributed by atoms with Crippen LogP contribution in [-0.2, 0) is 11.0 Å². The van der Waals surface area contributed by atoms with Crippen molar-refractivity contribution in [3.8, 4) is 6.07 Å². The zero-order valence-corrected chi connectivity index (χ0v) is 18.4. The number of halogens is 3. The standard InChI is InChI=1S/C24H27F3N4O/c1-17(2)29-13-22(32)31(18(3)19-9-11-20(12-10-19)24(25,26)27)23(14-28)15-30(16-23)21-7-5-4-6-8-21/h4-12,17-18,29H,13,15-16H2,1-3H3. The molecule has 1 unspecified atom stereocenters. The molecular formula is C24H27F3N4O. The summed E-state index contributed by atoms with van der Waals surface area (Å²) >= 11 is 0. The summed E-state index contributed by atoms with van der Waals surface area (Å²) in [6.07, 6.45) is -4.43. The average Bonchev–Trinajstić information content (AvgIpc) is 2.74. The maximum absolute atomic E-state index is 13.2. The van der Waals surface area contributed by atoms with Crippen LogP contribution < -0.4 is 10.2 Å². The first-order chi connectivity index (χ1) is 15.1. The van der Waals surface area contributed by atoms with Crippen molar-refractivity contribution in [2.75, 3.05) is 24.5 Å². The van der Waals surface area contributed by atoms with Gasteiger partial charge in [-0.25, -0.2) is 0 Å². The van der Waals surface area contributed by atoms with E-state index >= 15 is 0 Å². The molecule has 32 heavy (non-hydrogen) atoms. The van der Waals surface area contributed by atoms with Gasteiger partial charge in [0.05, 0.1) is 37.3 Å². The Bertz CT molecular complexity index is 961. The molecular weight excluding hydrogens is 417 g/mol. The van der Waals surface area contributed by atoms with Crippen molar-refractivity contribution in [2.24, 2.45) is 0 Å². The van der Waals surface area contributed by atoms with Crippen LogP contribution in [0.5, 0.6) is 0 Å². The van der Waals surface area contributed by atoms with Crippen LogP contribution in [0.25, 0.3) is 0 Å². The fraction of sp³-hybridized carbons (Fsp3) is 0.417. The van der Waals surface area contributed by atoms with E-state index in [1.807, 2.05) is 49.1 Å². The molecule has 3 rings (SSSR count). The lowest BCUT2D eigenvalue weighted by molar-refractivity contribution is -0.139. The molecule has 8 heteroatoms. The second-order valence-corrected chi connectivity index (χ2v) is 8.43. The minimum atomic E-state index is -4.43. The fourth-order valence-corrected chi connectivity index (χ4v) is 3.99. The molecule has 0 aliphatic carbocycles. The van der Waals surface area contributed by atoms with Gasteiger partial charge in [0, 0.05) is 11.7 Å². The molecule has 0 radical (unpaired) electrons. The molecule has 0 bridgehead atoms.